The van der Waals surface area contributed by atoms with Crippen molar-refractivity contribution in [2.24, 2.45) is 0 Å². The predicted octanol–water partition coefficient (Wildman–Crippen LogP) is 2.64. The van der Waals surface area contributed by atoms with Crippen molar-refractivity contribution >= 4 is 11.3 Å². The fraction of sp³-hybridized carbons (Fsp3) is 0.700. The zero-order chi connectivity index (χ0) is 12.9. The highest BCUT2D eigenvalue weighted by Crippen LogP contribution is 2.20. The van der Waals surface area contributed by atoms with Crippen molar-refractivity contribution in [3.8, 4) is 0 Å². The van der Waals surface area contributed by atoms with Gasteiger partial charge in [0.05, 0.1) is 12.3 Å². The van der Waals surface area contributed by atoms with Gasteiger partial charge in [-0.3, -0.25) is 0 Å². The lowest BCUT2D eigenvalue weighted by Gasteiger charge is -2.05. The number of alkyl halides is 3. The second kappa shape index (κ2) is 6.32. The average molecular weight is 268 g/mol. The van der Waals surface area contributed by atoms with E-state index in [2.05, 4.69) is 15.0 Å². The van der Waals surface area contributed by atoms with Crippen LogP contribution in [0.2, 0.25) is 0 Å². The van der Waals surface area contributed by atoms with Crippen LogP contribution in [0.3, 0.4) is 0 Å². The van der Waals surface area contributed by atoms with Gasteiger partial charge < -0.3 is 10.1 Å². The highest BCUT2D eigenvalue weighted by Gasteiger charge is 2.27. The Balaban J connectivity index is 2.44. The Bertz CT molecular complexity index is 352. The highest BCUT2D eigenvalue weighted by molar-refractivity contribution is 7.11. The number of hydrogen-bond donors (Lipinski definition) is 1. The molecule has 0 bridgehead atoms. The van der Waals surface area contributed by atoms with Gasteiger partial charge in [0.2, 0.25) is 0 Å². The van der Waals surface area contributed by atoms with Crippen LogP contribution in [0.25, 0.3) is 0 Å². The van der Waals surface area contributed by atoms with Gasteiger partial charge in [0.25, 0.3) is 0 Å². The zero-order valence-electron chi connectivity index (χ0n) is 9.73. The normalized spacial score (nSPS) is 12.1. The van der Waals surface area contributed by atoms with Gasteiger partial charge in [0.15, 0.2) is 0 Å². The molecule has 0 spiro atoms. The molecule has 1 rings (SSSR count). The van der Waals surface area contributed by atoms with Gasteiger partial charge in [-0.25, -0.2) is 4.98 Å². The Hall–Kier alpha value is -0.660. The van der Waals surface area contributed by atoms with Crippen molar-refractivity contribution in [2.75, 3.05) is 13.2 Å². The maximum absolute atomic E-state index is 11.9. The first kappa shape index (κ1) is 14.4. The van der Waals surface area contributed by atoms with Gasteiger partial charge in [-0.1, -0.05) is 6.92 Å². The summed E-state index contributed by atoms with van der Waals surface area (Å²) in [5.41, 5.74) is 0.849. The number of nitrogens with zero attached hydrogens (tertiary/aromatic N) is 1. The maximum atomic E-state index is 11.9. The van der Waals surface area contributed by atoms with Crippen molar-refractivity contribution < 1.29 is 17.9 Å². The molecule has 0 fully saturated rings. The van der Waals surface area contributed by atoms with Crippen molar-refractivity contribution in [1.82, 2.24) is 10.3 Å². The maximum Gasteiger partial charge on any atom is 0.411 e. The number of aryl methyl sites for hydroxylation is 1. The molecule has 3 nitrogen and oxygen atoms in total. The summed E-state index contributed by atoms with van der Waals surface area (Å²) >= 11 is 1.38. The van der Waals surface area contributed by atoms with Gasteiger partial charge in [-0.2, -0.15) is 13.2 Å². The minimum absolute atomic E-state index is 0.0862. The first-order chi connectivity index (χ1) is 7.92. The van der Waals surface area contributed by atoms with Gasteiger partial charge in [-0.15, -0.1) is 11.3 Å². The second-order valence-corrected chi connectivity index (χ2v) is 4.67. The molecule has 0 unspecified atom stereocenters. The molecule has 1 heterocycles. The number of thiazole rings is 1. The minimum Gasteiger partial charge on any atom is -0.365 e. The van der Waals surface area contributed by atoms with Crippen LogP contribution in [0.1, 0.15) is 22.5 Å². The van der Waals surface area contributed by atoms with Gasteiger partial charge in [0.1, 0.15) is 11.6 Å². The summed E-state index contributed by atoms with van der Waals surface area (Å²) in [6.45, 7) is 4.06. The van der Waals surface area contributed by atoms with Crippen LogP contribution < -0.4 is 5.32 Å². The summed E-state index contributed by atoms with van der Waals surface area (Å²) in [5, 5.41) is 3.73. The molecular formula is C10H15F3N2OS. The van der Waals surface area contributed by atoms with E-state index in [1.165, 1.54) is 11.3 Å². The number of rotatable bonds is 6. The fourth-order valence-electron chi connectivity index (χ4n) is 1.21. The SMILES string of the molecule is CCNCc1sc(COCC(F)(F)F)nc1C. The minimum atomic E-state index is -4.28. The molecule has 98 valence electrons. The Morgan fingerprint density at radius 2 is 2.12 bits per heavy atom. The molecule has 17 heavy (non-hydrogen) atoms. The molecule has 0 amide bonds. The Morgan fingerprint density at radius 3 is 2.71 bits per heavy atom. The number of nitrogens with one attached hydrogen (secondary N) is 1. The first-order valence-electron chi connectivity index (χ1n) is 5.22. The zero-order valence-corrected chi connectivity index (χ0v) is 10.5. The van der Waals surface area contributed by atoms with Crippen LogP contribution in [0.15, 0.2) is 0 Å². The van der Waals surface area contributed by atoms with Crippen molar-refractivity contribution in [3.05, 3.63) is 15.6 Å². The van der Waals surface area contributed by atoms with Crippen LogP contribution in [0.4, 0.5) is 13.2 Å². The topological polar surface area (TPSA) is 34.1 Å². The quantitative estimate of drug-likeness (QED) is 0.861. The number of aromatic nitrogens is 1. The molecule has 1 aromatic rings. The van der Waals surface area contributed by atoms with Crippen molar-refractivity contribution in [3.63, 3.8) is 0 Å². The number of halogens is 3. The van der Waals surface area contributed by atoms with Crippen LogP contribution in [0.5, 0.6) is 0 Å². The summed E-state index contributed by atoms with van der Waals surface area (Å²) in [7, 11) is 0. The van der Waals surface area contributed by atoms with E-state index in [1.54, 1.807) is 0 Å². The smallest absolute Gasteiger partial charge is 0.365 e. The van der Waals surface area contributed by atoms with Crippen molar-refractivity contribution in [2.45, 2.75) is 33.2 Å². The summed E-state index contributed by atoms with van der Waals surface area (Å²) in [6.07, 6.45) is -4.28. The lowest BCUT2D eigenvalue weighted by Crippen LogP contribution is -2.16. The van der Waals surface area contributed by atoms with Gasteiger partial charge >= 0.3 is 6.18 Å². The summed E-state index contributed by atoms with van der Waals surface area (Å²) in [4.78, 5) is 5.21. The third-order valence-corrected chi connectivity index (χ3v) is 3.09. The van der Waals surface area contributed by atoms with E-state index in [4.69, 9.17) is 0 Å². The first-order valence-corrected chi connectivity index (χ1v) is 6.04. The molecule has 0 saturated heterocycles. The molecule has 1 aromatic heterocycles. The van der Waals surface area contributed by atoms with Crippen LogP contribution >= 0.6 is 11.3 Å². The van der Waals surface area contributed by atoms with Gasteiger partial charge in [0, 0.05) is 11.4 Å². The largest absolute Gasteiger partial charge is 0.411 e. The molecule has 0 aliphatic heterocycles. The summed E-state index contributed by atoms with van der Waals surface area (Å²) in [6, 6.07) is 0. The Kier molecular flexibility index (Phi) is 5.35. The number of hydrogen-bond acceptors (Lipinski definition) is 4. The van der Waals surface area contributed by atoms with Crippen LogP contribution in [0, 0.1) is 6.92 Å². The van der Waals surface area contributed by atoms with Crippen LogP contribution in [-0.2, 0) is 17.9 Å². The van der Waals surface area contributed by atoms with E-state index in [0.717, 1.165) is 17.1 Å². The molecule has 0 saturated carbocycles. The third kappa shape index (κ3) is 5.47. The van der Waals surface area contributed by atoms with E-state index in [1.807, 2.05) is 13.8 Å². The molecule has 1 N–H and O–H groups in total. The molecule has 0 radical (unpaired) electrons. The monoisotopic (exact) mass is 268 g/mol. The Morgan fingerprint density at radius 1 is 1.41 bits per heavy atom. The van der Waals surface area contributed by atoms with E-state index < -0.39 is 12.8 Å². The van der Waals surface area contributed by atoms with E-state index in [-0.39, 0.29) is 6.61 Å². The molecule has 0 atom stereocenters. The molecule has 0 aliphatic rings. The summed E-state index contributed by atoms with van der Waals surface area (Å²) in [5.74, 6) is 0. The second-order valence-electron chi connectivity index (χ2n) is 3.50. The highest BCUT2D eigenvalue weighted by atomic mass is 32.1. The molecular weight excluding hydrogens is 253 g/mol. The molecule has 0 aromatic carbocycles. The Labute approximate surface area is 102 Å². The fourth-order valence-corrected chi connectivity index (χ4v) is 2.18. The van der Waals surface area contributed by atoms with E-state index in [9.17, 15) is 13.2 Å². The standard InChI is InChI=1S/C10H15F3N2OS/c1-3-14-4-8-7(2)15-9(17-8)5-16-6-10(11,12)13/h14H,3-6H2,1-2H3. The molecule has 7 heteroatoms. The van der Waals surface area contributed by atoms with Crippen molar-refractivity contribution in [1.29, 1.82) is 0 Å². The lowest BCUT2D eigenvalue weighted by molar-refractivity contribution is -0.176. The van der Waals surface area contributed by atoms with E-state index in [0.29, 0.717) is 11.6 Å². The van der Waals surface area contributed by atoms with Crippen LogP contribution in [-0.4, -0.2) is 24.3 Å². The predicted molar refractivity (Wildman–Crippen MR) is 59.9 cm³/mol. The third-order valence-electron chi connectivity index (χ3n) is 1.96. The van der Waals surface area contributed by atoms with E-state index >= 15 is 0 Å². The summed E-state index contributed by atoms with van der Waals surface area (Å²) < 4.78 is 40.1. The average Bonchev–Trinajstić information content (AvgIpc) is 2.54. The lowest BCUT2D eigenvalue weighted by atomic mass is 10.4. The molecule has 0 aliphatic carbocycles. The van der Waals surface area contributed by atoms with Gasteiger partial charge in [-0.05, 0) is 13.5 Å². The number of ether oxygens (including phenoxy) is 1.